The summed E-state index contributed by atoms with van der Waals surface area (Å²) >= 11 is 9.11. The van der Waals surface area contributed by atoms with E-state index in [0.29, 0.717) is 17.1 Å². The number of carbonyl (C=O) groups excluding carboxylic acids is 1. The van der Waals surface area contributed by atoms with Gasteiger partial charge in [-0.15, -0.1) is 12.4 Å². The molecule has 1 aromatic carbocycles. The van der Waals surface area contributed by atoms with Crippen LogP contribution < -0.4 is 10.6 Å². The molecule has 0 aliphatic rings. The van der Waals surface area contributed by atoms with Gasteiger partial charge in [0.1, 0.15) is 0 Å². The van der Waals surface area contributed by atoms with Gasteiger partial charge in [0.25, 0.3) is 5.91 Å². The van der Waals surface area contributed by atoms with Crippen LogP contribution in [0.3, 0.4) is 0 Å². The lowest BCUT2D eigenvalue weighted by atomic mass is 10.2. The van der Waals surface area contributed by atoms with Crippen LogP contribution in [0.25, 0.3) is 0 Å². The van der Waals surface area contributed by atoms with Gasteiger partial charge in [0.05, 0.1) is 5.56 Å². The van der Waals surface area contributed by atoms with Crippen molar-refractivity contribution >= 4 is 45.8 Å². The average molecular weight is 328 g/mol. The zero-order valence-electron chi connectivity index (χ0n) is 8.72. The van der Waals surface area contributed by atoms with Crippen molar-refractivity contribution in [2.75, 3.05) is 20.1 Å². The molecule has 0 saturated heterocycles. The first-order valence-electron chi connectivity index (χ1n) is 4.53. The van der Waals surface area contributed by atoms with Crippen LogP contribution in [0.4, 0.5) is 0 Å². The number of nitrogens with one attached hydrogen (secondary N) is 2. The van der Waals surface area contributed by atoms with E-state index in [1.54, 1.807) is 18.2 Å². The summed E-state index contributed by atoms with van der Waals surface area (Å²) in [4.78, 5) is 11.7. The molecule has 0 aromatic heterocycles. The minimum Gasteiger partial charge on any atom is -0.351 e. The molecule has 0 unspecified atom stereocenters. The number of benzene rings is 1. The Balaban J connectivity index is 0.00000225. The van der Waals surface area contributed by atoms with E-state index in [4.69, 9.17) is 11.6 Å². The molecule has 2 N–H and O–H groups in total. The second kappa shape index (κ2) is 7.90. The van der Waals surface area contributed by atoms with E-state index in [9.17, 15) is 4.79 Å². The highest BCUT2D eigenvalue weighted by Crippen LogP contribution is 2.20. The molecule has 0 aliphatic carbocycles. The second-order valence-electron chi connectivity index (χ2n) is 2.98. The van der Waals surface area contributed by atoms with Crippen LogP contribution in [0.1, 0.15) is 10.4 Å². The lowest BCUT2D eigenvalue weighted by Crippen LogP contribution is -2.30. The van der Waals surface area contributed by atoms with Gasteiger partial charge in [0, 0.05) is 22.6 Å². The Kier molecular flexibility index (Phi) is 7.76. The van der Waals surface area contributed by atoms with Crippen LogP contribution in [0, 0.1) is 0 Å². The molecule has 0 saturated carbocycles. The molecule has 1 rings (SSSR count). The predicted octanol–water partition coefficient (Wildman–Crippen LogP) is 2.47. The third-order valence-electron chi connectivity index (χ3n) is 1.83. The zero-order chi connectivity index (χ0) is 11.3. The van der Waals surface area contributed by atoms with Crippen LogP contribution >= 0.6 is 39.9 Å². The van der Waals surface area contributed by atoms with Crippen molar-refractivity contribution in [1.82, 2.24) is 10.6 Å². The maximum Gasteiger partial charge on any atom is 0.252 e. The van der Waals surface area contributed by atoms with Gasteiger partial charge in [-0.05, 0) is 41.2 Å². The quantitative estimate of drug-likeness (QED) is 0.834. The number of halogens is 3. The molecule has 16 heavy (non-hydrogen) atoms. The summed E-state index contributed by atoms with van der Waals surface area (Å²) in [6.07, 6.45) is 0. The van der Waals surface area contributed by atoms with Crippen molar-refractivity contribution in [2.45, 2.75) is 0 Å². The van der Waals surface area contributed by atoms with Gasteiger partial charge < -0.3 is 10.6 Å². The summed E-state index contributed by atoms with van der Waals surface area (Å²) in [5.74, 6) is -0.125. The van der Waals surface area contributed by atoms with Crippen LogP contribution in [0.5, 0.6) is 0 Å². The van der Waals surface area contributed by atoms with E-state index in [-0.39, 0.29) is 18.3 Å². The third kappa shape index (κ3) is 4.70. The van der Waals surface area contributed by atoms with Gasteiger partial charge >= 0.3 is 0 Å². The smallest absolute Gasteiger partial charge is 0.252 e. The average Bonchev–Trinajstić information content (AvgIpc) is 2.22. The van der Waals surface area contributed by atoms with Gasteiger partial charge in [-0.1, -0.05) is 11.6 Å². The van der Waals surface area contributed by atoms with E-state index in [0.717, 1.165) is 11.0 Å². The molecule has 0 bridgehead atoms. The summed E-state index contributed by atoms with van der Waals surface area (Å²) in [6, 6.07) is 5.13. The summed E-state index contributed by atoms with van der Waals surface area (Å²) in [5, 5.41) is 6.28. The molecular formula is C10H13BrCl2N2O. The van der Waals surface area contributed by atoms with Crippen LogP contribution in [0.15, 0.2) is 22.7 Å². The van der Waals surface area contributed by atoms with Crippen molar-refractivity contribution < 1.29 is 4.79 Å². The topological polar surface area (TPSA) is 41.1 Å². The number of likely N-dealkylation sites (N-methyl/N-ethyl adjacent to an activating group) is 1. The van der Waals surface area contributed by atoms with Gasteiger partial charge in [-0.25, -0.2) is 0 Å². The lowest BCUT2D eigenvalue weighted by molar-refractivity contribution is 0.0953. The van der Waals surface area contributed by atoms with Crippen molar-refractivity contribution in [2.24, 2.45) is 0 Å². The van der Waals surface area contributed by atoms with Crippen LogP contribution in [0.2, 0.25) is 5.02 Å². The molecule has 3 nitrogen and oxygen atoms in total. The van der Waals surface area contributed by atoms with E-state index in [2.05, 4.69) is 26.6 Å². The molecule has 0 atom stereocenters. The highest BCUT2D eigenvalue weighted by Gasteiger charge is 2.09. The first kappa shape index (κ1) is 15.7. The van der Waals surface area contributed by atoms with E-state index in [1.807, 2.05) is 7.05 Å². The van der Waals surface area contributed by atoms with Gasteiger partial charge in [-0.2, -0.15) is 0 Å². The maximum absolute atomic E-state index is 11.7. The maximum atomic E-state index is 11.7. The molecule has 1 aromatic rings. The Hall–Kier alpha value is -0.290. The molecule has 0 aliphatic heterocycles. The Morgan fingerprint density at radius 1 is 1.44 bits per heavy atom. The van der Waals surface area contributed by atoms with Gasteiger partial charge in [-0.3, -0.25) is 4.79 Å². The summed E-state index contributed by atoms with van der Waals surface area (Å²) in [7, 11) is 1.83. The summed E-state index contributed by atoms with van der Waals surface area (Å²) < 4.78 is 0.744. The Morgan fingerprint density at radius 2 is 2.12 bits per heavy atom. The zero-order valence-corrected chi connectivity index (χ0v) is 11.9. The Morgan fingerprint density at radius 3 is 2.75 bits per heavy atom. The van der Waals surface area contributed by atoms with E-state index >= 15 is 0 Å². The largest absolute Gasteiger partial charge is 0.351 e. The third-order valence-corrected chi connectivity index (χ3v) is 2.76. The minimum absolute atomic E-state index is 0. The minimum atomic E-state index is -0.125. The summed E-state index contributed by atoms with van der Waals surface area (Å²) in [6.45, 7) is 1.33. The van der Waals surface area contributed by atoms with Crippen molar-refractivity contribution in [3.05, 3.63) is 33.3 Å². The fraction of sp³-hybridized carbons (Fsp3) is 0.300. The number of amides is 1. The molecule has 0 heterocycles. The Labute approximate surface area is 114 Å². The van der Waals surface area contributed by atoms with Crippen molar-refractivity contribution in [3.8, 4) is 0 Å². The van der Waals surface area contributed by atoms with Crippen molar-refractivity contribution in [1.29, 1.82) is 0 Å². The number of hydrogen-bond donors (Lipinski definition) is 2. The normalized spacial score (nSPS) is 9.44. The van der Waals surface area contributed by atoms with E-state index in [1.165, 1.54) is 0 Å². The fourth-order valence-electron chi connectivity index (χ4n) is 1.07. The molecule has 6 heteroatoms. The standard InChI is InChI=1S/C10H12BrClN2O.ClH/c1-13-4-5-14-10(15)8-6-7(12)2-3-9(8)11;/h2-3,6,13H,4-5H2,1H3,(H,14,15);1H. The molecule has 90 valence electrons. The van der Waals surface area contributed by atoms with Gasteiger partial charge in [0.2, 0.25) is 0 Å². The number of carbonyl (C=O) groups is 1. The highest BCUT2D eigenvalue weighted by molar-refractivity contribution is 9.10. The molecule has 0 radical (unpaired) electrons. The molecule has 0 spiro atoms. The molecular weight excluding hydrogens is 315 g/mol. The van der Waals surface area contributed by atoms with Crippen LogP contribution in [-0.2, 0) is 0 Å². The highest BCUT2D eigenvalue weighted by atomic mass is 79.9. The van der Waals surface area contributed by atoms with Crippen molar-refractivity contribution in [3.63, 3.8) is 0 Å². The van der Waals surface area contributed by atoms with Crippen LogP contribution in [-0.4, -0.2) is 26.0 Å². The SMILES string of the molecule is CNCCNC(=O)c1cc(Cl)ccc1Br.Cl. The first-order valence-corrected chi connectivity index (χ1v) is 5.70. The number of hydrogen-bond acceptors (Lipinski definition) is 2. The van der Waals surface area contributed by atoms with E-state index < -0.39 is 0 Å². The molecule has 1 amide bonds. The first-order chi connectivity index (χ1) is 7.15. The second-order valence-corrected chi connectivity index (χ2v) is 4.27. The molecule has 0 fully saturated rings. The van der Waals surface area contributed by atoms with Gasteiger partial charge in [0.15, 0.2) is 0 Å². The summed E-state index contributed by atoms with van der Waals surface area (Å²) in [5.41, 5.74) is 0.554. The monoisotopic (exact) mass is 326 g/mol. The number of rotatable bonds is 4. The lowest BCUT2D eigenvalue weighted by Gasteiger charge is -2.06. The Bertz CT molecular complexity index is 361. The predicted molar refractivity (Wildman–Crippen MR) is 72.7 cm³/mol. The fourth-order valence-corrected chi connectivity index (χ4v) is 1.67.